The molecule has 2 fully saturated rings. The first-order valence-corrected chi connectivity index (χ1v) is 7.94. The summed E-state index contributed by atoms with van der Waals surface area (Å²) in [6.45, 7) is 0.921. The van der Waals surface area contributed by atoms with Gasteiger partial charge in [-0.3, -0.25) is 4.79 Å². The quantitative estimate of drug-likeness (QED) is 0.802. The Labute approximate surface area is 127 Å². The molecule has 2 aliphatic carbocycles. The van der Waals surface area contributed by atoms with E-state index < -0.39 is 0 Å². The number of hydrogen-bond donors (Lipinski definition) is 2. The van der Waals surface area contributed by atoms with Crippen LogP contribution in [-0.2, 0) is 11.3 Å². The van der Waals surface area contributed by atoms with Gasteiger partial charge in [-0.05, 0) is 49.4 Å². The van der Waals surface area contributed by atoms with E-state index in [1.165, 1.54) is 12.8 Å². The number of halogens is 1. The van der Waals surface area contributed by atoms with E-state index in [0.29, 0.717) is 12.1 Å². The number of hydrogen-bond acceptors (Lipinski definition) is 3. The van der Waals surface area contributed by atoms with Crippen LogP contribution in [0.3, 0.4) is 0 Å². The lowest BCUT2D eigenvalue weighted by molar-refractivity contribution is -0.123. The topological polar surface area (TPSA) is 50.4 Å². The molecule has 2 N–H and O–H groups in total. The number of ether oxygens (including phenoxy) is 1. The first-order chi connectivity index (χ1) is 9.70. The van der Waals surface area contributed by atoms with Gasteiger partial charge in [0, 0.05) is 23.1 Å². The first kappa shape index (κ1) is 13.9. The van der Waals surface area contributed by atoms with Gasteiger partial charge in [-0.15, -0.1) is 0 Å². The largest absolute Gasteiger partial charge is 0.484 e. The molecule has 4 nitrogen and oxygen atoms in total. The molecule has 0 spiro atoms. The Morgan fingerprint density at radius 2 is 2.00 bits per heavy atom. The van der Waals surface area contributed by atoms with Crippen LogP contribution in [0, 0.1) is 0 Å². The third kappa shape index (κ3) is 4.21. The molecule has 2 aliphatic rings. The van der Waals surface area contributed by atoms with E-state index in [2.05, 4.69) is 26.6 Å². The Bertz CT molecular complexity index is 499. The monoisotopic (exact) mass is 338 g/mol. The lowest BCUT2D eigenvalue weighted by Crippen LogP contribution is -2.30. The maximum atomic E-state index is 11.6. The number of carbonyl (C=O) groups excluding carboxylic acids is 1. The van der Waals surface area contributed by atoms with Crippen molar-refractivity contribution in [3.8, 4) is 5.75 Å². The summed E-state index contributed by atoms with van der Waals surface area (Å²) in [4.78, 5) is 11.6. The van der Waals surface area contributed by atoms with Gasteiger partial charge in [-0.25, -0.2) is 0 Å². The number of nitrogens with one attached hydrogen (secondary N) is 2. The Morgan fingerprint density at radius 1 is 1.25 bits per heavy atom. The van der Waals surface area contributed by atoms with E-state index in [9.17, 15) is 4.79 Å². The summed E-state index contributed by atoms with van der Waals surface area (Å²) in [7, 11) is 0. The van der Waals surface area contributed by atoms with Crippen molar-refractivity contribution in [2.24, 2.45) is 0 Å². The molecule has 0 heterocycles. The molecule has 108 valence electrons. The van der Waals surface area contributed by atoms with Gasteiger partial charge < -0.3 is 15.4 Å². The van der Waals surface area contributed by atoms with Gasteiger partial charge in [0.25, 0.3) is 5.91 Å². The Morgan fingerprint density at radius 3 is 2.70 bits per heavy atom. The van der Waals surface area contributed by atoms with Crippen molar-refractivity contribution in [1.82, 2.24) is 10.6 Å². The minimum atomic E-state index is -0.0342. The molecular formula is C15H19BrN2O2. The molecule has 1 aromatic carbocycles. The maximum absolute atomic E-state index is 11.6. The smallest absolute Gasteiger partial charge is 0.258 e. The summed E-state index contributed by atoms with van der Waals surface area (Å²) >= 11 is 3.55. The second-order valence-corrected chi connectivity index (χ2v) is 6.39. The number of benzene rings is 1. The van der Waals surface area contributed by atoms with Gasteiger partial charge in [0.2, 0.25) is 0 Å². The van der Waals surface area contributed by atoms with E-state index >= 15 is 0 Å². The molecule has 2 saturated carbocycles. The van der Waals surface area contributed by atoms with Crippen LogP contribution in [0.25, 0.3) is 0 Å². The van der Waals surface area contributed by atoms with Crippen molar-refractivity contribution >= 4 is 21.8 Å². The van der Waals surface area contributed by atoms with Crippen molar-refractivity contribution in [3.05, 3.63) is 28.2 Å². The average Bonchev–Trinajstić information content (AvgIpc) is 3.31. The summed E-state index contributed by atoms with van der Waals surface area (Å²) in [6.07, 6.45) is 4.74. The van der Waals surface area contributed by atoms with E-state index in [-0.39, 0.29) is 12.5 Å². The van der Waals surface area contributed by atoms with Crippen molar-refractivity contribution in [1.29, 1.82) is 0 Å². The Hall–Kier alpha value is -1.07. The van der Waals surface area contributed by atoms with E-state index in [1.54, 1.807) is 0 Å². The summed E-state index contributed by atoms with van der Waals surface area (Å²) in [5.74, 6) is 0.708. The Balaban J connectivity index is 1.51. The fourth-order valence-electron chi connectivity index (χ4n) is 1.96. The normalized spacial score (nSPS) is 17.9. The maximum Gasteiger partial charge on any atom is 0.258 e. The number of amides is 1. The minimum Gasteiger partial charge on any atom is -0.484 e. The standard InChI is InChI=1S/C15H19BrN2O2/c16-14-6-5-13(7-10(14)8-17-11-1-2-11)20-9-15(19)18-12-3-4-12/h5-7,11-12,17H,1-4,8-9H2,(H,18,19). The van der Waals surface area contributed by atoms with Crippen LogP contribution in [0.15, 0.2) is 22.7 Å². The van der Waals surface area contributed by atoms with Crippen LogP contribution in [-0.4, -0.2) is 24.6 Å². The van der Waals surface area contributed by atoms with Gasteiger partial charge in [0.05, 0.1) is 0 Å². The van der Waals surface area contributed by atoms with Crippen molar-refractivity contribution in [2.45, 2.75) is 44.3 Å². The molecular weight excluding hydrogens is 320 g/mol. The summed E-state index contributed by atoms with van der Waals surface area (Å²) < 4.78 is 6.62. The van der Waals surface area contributed by atoms with Crippen molar-refractivity contribution in [3.63, 3.8) is 0 Å². The van der Waals surface area contributed by atoms with Gasteiger partial charge in [-0.1, -0.05) is 15.9 Å². The molecule has 0 unspecified atom stereocenters. The van der Waals surface area contributed by atoms with Crippen molar-refractivity contribution in [2.75, 3.05) is 6.61 Å². The van der Waals surface area contributed by atoms with Crippen LogP contribution in [0.5, 0.6) is 5.75 Å². The summed E-state index contributed by atoms with van der Waals surface area (Å²) in [5.41, 5.74) is 1.16. The highest BCUT2D eigenvalue weighted by Crippen LogP contribution is 2.25. The molecule has 1 amide bonds. The Kier molecular flexibility index (Phi) is 4.27. The predicted molar refractivity (Wildman–Crippen MR) is 80.7 cm³/mol. The third-order valence-electron chi connectivity index (χ3n) is 3.49. The van der Waals surface area contributed by atoms with E-state index in [4.69, 9.17) is 4.74 Å². The fourth-order valence-corrected chi connectivity index (χ4v) is 2.35. The molecule has 0 aromatic heterocycles. The molecule has 0 aliphatic heterocycles. The zero-order valence-corrected chi connectivity index (χ0v) is 12.9. The van der Waals surface area contributed by atoms with Crippen LogP contribution < -0.4 is 15.4 Å². The van der Waals surface area contributed by atoms with E-state index in [1.807, 2.05) is 18.2 Å². The SMILES string of the molecule is O=C(COc1ccc(Br)c(CNC2CC2)c1)NC1CC1. The lowest BCUT2D eigenvalue weighted by Gasteiger charge is -2.10. The van der Waals surface area contributed by atoms with Crippen LogP contribution in [0.2, 0.25) is 0 Å². The lowest BCUT2D eigenvalue weighted by atomic mass is 10.2. The fraction of sp³-hybridized carbons (Fsp3) is 0.533. The van der Waals surface area contributed by atoms with Gasteiger partial charge >= 0.3 is 0 Å². The highest BCUT2D eigenvalue weighted by atomic mass is 79.9. The predicted octanol–water partition coefficient (Wildman–Crippen LogP) is 2.36. The average molecular weight is 339 g/mol. The first-order valence-electron chi connectivity index (χ1n) is 7.14. The van der Waals surface area contributed by atoms with E-state index in [0.717, 1.165) is 35.2 Å². The van der Waals surface area contributed by atoms with Gasteiger partial charge in [0.15, 0.2) is 6.61 Å². The second-order valence-electron chi connectivity index (χ2n) is 5.54. The molecule has 5 heteroatoms. The highest BCUT2D eigenvalue weighted by Gasteiger charge is 2.23. The van der Waals surface area contributed by atoms with Gasteiger partial charge in [-0.2, -0.15) is 0 Å². The molecule has 0 atom stereocenters. The molecule has 3 rings (SSSR count). The van der Waals surface area contributed by atoms with Crippen LogP contribution in [0.4, 0.5) is 0 Å². The molecule has 20 heavy (non-hydrogen) atoms. The number of carbonyl (C=O) groups is 1. The van der Waals surface area contributed by atoms with Crippen LogP contribution in [0.1, 0.15) is 31.2 Å². The molecule has 0 radical (unpaired) electrons. The van der Waals surface area contributed by atoms with Gasteiger partial charge in [0.1, 0.15) is 5.75 Å². The highest BCUT2D eigenvalue weighted by molar-refractivity contribution is 9.10. The summed E-state index contributed by atoms with van der Waals surface area (Å²) in [6, 6.07) is 6.90. The molecule has 1 aromatic rings. The second kappa shape index (κ2) is 6.14. The zero-order chi connectivity index (χ0) is 13.9. The van der Waals surface area contributed by atoms with Crippen LogP contribution >= 0.6 is 15.9 Å². The summed E-state index contributed by atoms with van der Waals surface area (Å²) in [5, 5.41) is 6.39. The molecule has 0 bridgehead atoms. The molecule has 0 saturated heterocycles. The number of rotatable bonds is 7. The zero-order valence-electron chi connectivity index (χ0n) is 11.3. The van der Waals surface area contributed by atoms with Crippen molar-refractivity contribution < 1.29 is 9.53 Å². The minimum absolute atomic E-state index is 0.0342. The third-order valence-corrected chi connectivity index (χ3v) is 4.26.